The van der Waals surface area contributed by atoms with Crippen LogP contribution >= 0.6 is 0 Å². The van der Waals surface area contributed by atoms with E-state index in [9.17, 15) is 0 Å². The highest BCUT2D eigenvalue weighted by molar-refractivity contribution is 5.61. The van der Waals surface area contributed by atoms with Crippen molar-refractivity contribution in [3.63, 3.8) is 0 Å². The van der Waals surface area contributed by atoms with Crippen molar-refractivity contribution in [2.45, 2.75) is 19.9 Å². The number of likely N-dealkylation sites (tertiary alicyclic amines) is 1. The van der Waals surface area contributed by atoms with Gasteiger partial charge < -0.3 is 10.1 Å². The predicted molar refractivity (Wildman–Crippen MR) is 69.5 cm³/mol. The summed E-state index contributed by atoms with van der Waals surface area (Å²) >= 11 is 0. The van der Waals surface area contributed by atoms with Crippen LogP contribution in [-0.2, 0) is 6.54 Å². The van der Waals surface area contributed by atoms with Crippen LogP contribution in [0.5, 0.6) is 5.75 Å². The zero-order valence-electron chi connectivity index (χ0n) is 10.4. The van der Waals surface area contributed by atoms with Crippen molar-refractivity contribution in [3.05, 3.63) is 23.8 Å². The second kappa shape index (κ2) is 4.57. The smallest absolute Gasteiger partial charge is 0.146 e. The number of benzene rings is 1. The van der Waals surface area contributed by atoms with Crippen molar-refractivity contribution >= 4 is 5.69 Å². The SMILES string of the molecule is CC1CCN(Cc2cccc3c2OCCN3)C1. The molecule has 1 fully saturated rings. The van der Waals surface area contributed by atoms with Crippen LogP contribution < -0.4 is 10.1 Å². The number of para-hydroxylation sites is 1. The predicted octanol–water partition coefficient (Wildman–Crippen LogP) is 2.33. The largest absolute Gasteiger partial charge is 0.489 e. The van der Waals surface area contributed by atoms with Crippen molar-refractivity contribution in [2.75, 3.05) is 31.6 Å². The van der Waals surface area contributed by atoms with Crippen molar-refractivity contribution in [1.82, 2.24) is 4.90 Å². The lowest BCUT2D eigenvalue weighted by atomic mass is 10.1. The Kier molecular flexibility index (Phi) is 2.93. The fourth-order valence-electron chi connectivity index (χ4n) is 2.77. The number of hydrogen-bond acceptors (Lipinski definition) is 3. The normalized spacial score (nSPS) is 23.9. The number of hydrogen-bond donors (Lipinski definition) is 1. The van der Waals surface area contributed by atoms with Gasteiger partial charge in [-0.15, -0.1) is 0 Å². The first kappa shape index (κ1) is 10.9. The molecule has 3 heteroatoms. The minimum absolute atomic E-state index is 0.778. The van der Waals surface area contributed by atoms with Crippen molar-refractivity contribution in [2.24, 2.45) is 5.92 Å². The summed E-state index contributed by atoms with van der Waals surface area (Å²) < 4.78 is 5.80. The van der Waals surface area contributed by atoms with Gasteiger partial charge in [0.1, 0.15) is 12.4 Å². The maximum Gasteiger partial charge on any atom is 0.146 e. The van der Waals surface area contributed by atoms with E-state index in [2.05, 4.69) is 35.3 Å². The molecule has 1 aromatic carbocycles. The lowest BCUT2D eigenvalue weighted by Crippen LogP contribution is -2.23. The Morgan fingerprint density at radius 1 is 1.47 bits per heavy atom. The molecule has 2 aliphatic heterocycles. The topological polar surface area (TPSA) is 24.5 Å². The molecule has 0 radical (unpaired) electrons. The van der Waals surface area contributed by atoms with Gasteiger partial charge in [0.15, 0.2) is 0 Å². The molecule has 0 spiro atoms. The van der Waals surface area contributed by atoms with Crippen LogP contribution in [0.1, 0.15) is 18.9 Å². The number of anilines is 1. The first-order valence-electron chi connectivity index (χ1n) is 6.54. The maximum absolute atomic E-state index is 5.80. The van der Waals surface area contributed by atoms with Gasteiger partial charge in [0.05, 0.1) is 5.69 Å². The summed E-state index contributed by atoms with van der Waals surface area (Å²) in [5, 5.41) is 3.39. The Morgan fingerprint density at radius 2 is 2.41 bits per heavy atom. The monoisotopic (exact) mass is 232 g/mol. The third-order valence-electron chi connectivity index (χ3n) is 3.66. The first-order chi connectivity index (χ1) is 8.33. The summed E-state index contributed by atoms with van der Waals surface area (Å²) in [6.07, 6.45) is 1.33. The van der Waals surface area contributed by atoms with Gasteiger partial charge in [-0.2, -0.15) is 0 Å². The first-order valence-corrected chi connectivity index (χ1v) is 6.54. The Hall–Kier alpha value is -1.22. The summed E-state index contributed by atoms with van der Waals surface area (Å²) in [6, 6.07) is 6.41. The van der Waals surface area contributed by atoms with Crippen molar-refractivity contribution in [3.8, 4) is 5.75 Å². The molecule has 1 N–H and O–H groups in total. The molecule has 1 unspecified atom stereocenters. The highest BCUT2D eigenvalue weighted by Gasteiger charge is 2.21. The third-order valence-corrected chi connectivity index (χ3v) is 3.66. The molecule has 0 amide bonds. The van der Waals surface area contributed by atoms with Gasteiger partial charge in [-0.1, -0.05) is 19.1 Å². The molecule has 0 aliphatic carbocycles. The molecule has 3 nitrogen and oxygen atoms in total. The average Bonchev–Trinajstić information content (AvgIpc) is 2.75. The van der Waals surface area contributed by atoms with Crippen LogP contribution in [0.25, 0.3) is 0 Å². The maximum atomic E-state index is 5.80. The fourth-order valence-corrected chi connectivity index (χ4v) is 2.77. The van der Waals surface area contributed by atoms with E-state index < -0.39 is 0 Å². The van der Waals surface area contributed by atoms with Crippen LogP contribution in [0.4, 0.5) is 5.69 Å². The van der Waals surface area contributed by atoms with E-state index in [0.717, 1.165) is 37.1 Å². The summed E-state index contributed by atoms with van der Waals surface area (Å²) in [5.74, 6) is 1.91. The number of ether oxygens (including phenoxy) is 1. The third kappa shape index (κ3) is 2.25. The van der Waals surface area contributed by atoms with Crippen LogP contribution in [0.3, 0.4) is 0 Å². The van der Waals surface area contributed by atoms with Crippen LogP contribution in [0, 0.1) is 5.92 Å². The van der Waals surface area contributed by atoms with E-state index >= 15 is 0 Å². The van der Waals surface area contributed by atoms with Gasteiger partial charge in [0.25, 0.3) is 0 Å². The lowest BCUT2D eigenvalue weighted by Gasteiger charge is -2.24. The van der Waals surface area contributed by atoms with E-state index in [4.69, 9.17) is 4.74 Å². The van der Waals surface area contributed by atoms with Gasteiger partial charge in [0.2, 0.25) is 0 Å². The molecular weight excluding hydrogens is 212 g/mol. The van der Waals surface area contributed by atoms with E-state index in [1.807, 2.05) is 0 Å². The van der Waals surface area contributed by atoms with Crippen LogP contribution in [0.15, 0.2) is 18.2 Å². The van der Waals surface area contributed by atoms with Crippen LogP contribution in [0.2, 0.25) is 0 Å². The number of fused-ring (bicyclic) bond motifs is 1. The standard InChI is InChI=1S/C14H20N2O/c1-11-5-7-16(9-11)10-12-3-2-4-13-14(12)17-8-6-15-13/h2-4,11,15H,5-10H2,1H3. The quantitative estimate of drug-likeness (QED) is 0.847. The number of nitrogens with one attached hydrogen (secondary N) is 1. The van der Waals surface area contributed by atoms with Gasteiger partial charge in [-0.25, -0.2) is 0 Å². The van der Waals surface area contributed by atoms with E-state index in [1.54, 1.807) is 0 Å². The van der Waals surface area contributed by atoms with Crippen molar-refractivity contribution < 1.29 is 4.74 Å². The highest BCUT2D eigenvalue weighted by atomic mass is 16.5. The minimum atomic E-state index is 0.778. The molecule has 0 saturated carbocycles. The minimum Gasteiger partial charge on any atom is -0.489 e. The molecule has 1 aromatic rings. The van der Waals surface area contributed by atoms with Gasteiger partial charge in [-0.05, 0) is 24.9 Å². The highest BCUT2D eigenvalue weighted by Crippen LogP contribution is 2.32. The number of nitrogens with zero attached hydrogens (tertiary/aromatic N) is 1. The molecule has 1 saturated heterocycles. The van der Waals surface area contributed by atoms with E-state index in [-0.39, 0.29) is 0 Å². The Labute approximate surface area is 103 Å². The molecule has 2 aliphatic rings. The fraction of sp³-hybridized carbons (Fsp3) is 0.571. The summed E-state index contributed by atoms with van der Waals surface area (Å²) in [5.41, 5.74) is 2.48. The molecule has 0 bridgehead atoms. The molecule has 17 heavy (non-hydrogen) atoms. The summed E-state index contributed by atoms with van der Waals surface area (Å²) in [7, 11) is 0. The molecule has 1 atom stereocenters. The Morgan fingerprint density at radius 3 is 3.24 bits per heavy atom. The molecular formula is C14H20N2O. The summed E-state index contributed by atoms with van der Waals surface area (Å²) in [6.45, 7) is 7.49. The number of rotatable bonds is 2. The molecule has 92 valence electrons. The van der Waals surface area contributed by atoms with Crippen LogP contribution in [-0.4, -0.2) is 31.1 Å². The zero-order valence-corrected chi connectivity index (χ0v) is 10.4. The zero-order chi connectivity index (χ0) is 11.7. The summed E-state index contributed by atoms with van der Waals surface area (Å²) in [4.78, 5) is 2.53. The average molecular weight is 232 g/mol. The van der Waals surface area contributed by atoms with Gasteiger partial charge in [-0.3, -0.25) is 4.90 Å². The van der Waals surface area contributed by atoms with Crippen molar-refractivity contribution in [1.29, 1.82) is 0 Å². The second-order valence-corrected chi connectivity index (χ2v) is 5.20. The van der Waals surface area contributed by atoms with E-state index in [0.29, 0.717) is 0 Å². The lowest BCUT2D eigenvalue weighted by molar-refractivity contribution is 0.292. The molecule has 3 rings (SSSR count). The Bertz CT molecular complexity index is 405. The van der Waals surface area contributed by atoms with Gasteiger partial charge >= 0.3 is 0 Å². The Balaban J connectivity index is 1.78. The van der Waals surface area contributed by atoms with E-state index in [1.165, 1.54) is 25.1 Å². The second-order valence-electron chi connectivity index (χ2n) is 5.20. The molecule has 2 heterocycles. The molecule has 0 aromatic heterocycles. The van der Waals surface area contributed by atoms with Gasteiger partial charge in [0, 0.05) is 25.2 Å².